The largest absolute Gasteiger partial charge is 0.472 e. The zero-order chi connectivity index (χ0) is 37.5. The van der Waals surface area contributed by atoms with Crippen LogP contribution in [0.4, 0.5) is 0 Å². The van der Waals surface area contributed by atoms with Crippen LogP contribution in [0.1, 0.15) is 194 Å². The highest BCUT2D eigenvalue weighted by molar-refractivity contribution is 7.47. The first-order chi connectivity index (χ1) is 24.8. The first-order valence-electron chi connectivity index (χ1n) is 20.8. The van der Waals surface area contributed by atoms with E-state index >= 15 is 0 Å². The average Bonchev–Trinajstić information content (AvgIpc) is 3.11. The first kappa shape index (κ1) is 49.5. The highest BCUT2D eigenvalue weighted by Crippen LogP contribution is 2.43. The SMILES string of the molecule is CCCCCC/C=C\CCCCCCCC(=O)OC[C@H](COP(=O)(O)OCCN)OC(=O)CCCCCCCCC/C=C\CCCCCCCC. The molecule has 0 saturated carbocycles. The van der Waals surface area contributed by atoms with Crippen molar-refractivity contribution in [2.75, 3.05) is 26.4 Å². The Labute approximate surface area is 312 Å². The van der Waals surface area contributed by atoms with Crippen LogP contribution in [0, 0.1) is 0 Å². The summed E-state index contributed by atoms with van der Waals surface area (Å²) in [5.41, 5.74) is 5.34. The molecule has 0 radical (unpaired) electrons. The van der Waals surface area contributed by atoms with Gasteiger partial charge in [0.25, 0.3) is 0 Å². The summed E-state index contributed by atoms with van der Waals surface area (Å²) in [6.45, 7) is 3.70. The number of esters is 2. The quantitative estimate of drug-likeness (QED) is 0.0273. The van der Waals surface area contributed by atoms with Gasteiger partial charge in [-0.05, 0) is 64.2 Å². The molecule has 51 heavy (non-hydrogen) atoms. The van der Waals surface area contributed by atoms with Crippen LogP contribution in [0.2, 0.25) is 0 Å². The van der Waals surface area contributed by atoms with Crippen molar-refractivity contribution in [3.8, 4) is 0 Å². The Kier molecular flexibility index (Phi) is 37.1. The van der Waals surface area contributed by atoms with Crippen molar-refractivity contribution in [3.05, 3.63) is 24.3 Å². The molecule has 0 rings (SSSR count). The molecule has 0 aromatic heterocycles. The topological polar surface area (TPSA) is 134 Å². The maximum atomic E-state index is 12.6. The number of ether oxygens (including phenoxy) is 2. The van der Waals surface area contributed by atoms with Gasteiger partial charge in [0.2, 0.25) is 0 Å². The summed E-state index contributed by atoms with van der Waals surface area (Å²) in [5, 5.41) is 0. The summed E-state index contributed by atoms with van der Waals surface area (Å²) in [5.74, 6) is -0.841. The molecule has 300 valence electrons. The minimum atomic E-state index is -4.37. The van der Waals surface area contributed by atoms with Crippen molar-refractivity contribution in [2.24, 2.45) is 5.73 Å². The van der Waals surface area contributed by atoms with Crippen LogP contribution in [-0.2, 0) is 32.7 Å². The van der Waals surface area contributed by atoms with Gasteiger partial charge in [-0.3, -0.25) is 18.6 Å². The summed E-state index contributed by atoms with van der Waals surface area (Å²) in [7, 11) is -4.37. The molecule has 0 bridgehead atoms. The smallest absolute Gasteiger partial charge is 0.462 e. The normalized spacial score (nSPS) is 13.6. The molecule has 0 saturated heterocycles. The maximum Gasteiger partial charge on any atom is 0.472 e. The maximum absolute atomic E-state index is 12.6. The fraction of sp³-hybridized carbons (Fsp3) is 0.854. The lowest BCUT2D eigenvalue weighted by Crippen LogP contribution is -2.29. The Morgan fingerprint density at radius 1 is 0.569 bits per heavy atom. The van der Waals surface area contributed by atoms with Crippen LogP contribution in [0.5, 0.6) is 0 Å². The molecule has 0 aromatic rings. The van der Waals surface area contributed by atoms with E-state index in [1.165, 1.54) is 96.3 Å². The van der Waals surface area contributed by atoms with Crippen LogP contribution >= 0.6 is 7.82 Å². The molecule has 0 amide bonds. The number of hydrogen-bond acceptors (Lipinski definition) is 8. The van der Waals surface area contributed by atoms with Crippen LogP contribution < -0.4 is 5.73 Å². The molecule has 3 N–H and O–H groups in total. The highest BCUT2D eigenvalue weighted by Gasteiger charge is 2.26. The third-order valence-corrected chi connectivity index (χ3v) is 9.79. The Balaban J connectivity index is 4.18. The molecule has 0 aliphatic heterocycles. The van der Waals surface area contributed by atoms with E-state index in [0.29, 0.717) is 6.42 Å². The van der Waals surface area contributed by atoms with E-state index in [9.17, 15) is 19.0 Å². The Bertz CT molecular complexity index is 897. The molecule has 2 atom stereocenters. The number of carbonyl (C=O) groups is 2. The van der Waals surface area contributed by atoms with Gasteiger partial charge in [0, 0.05) is 19.4 Å². The van der Waals surface area contributed by atoms with Crippen LogP contribution in [-0.4, -0.2) is 49.3 Å². The second-order valence-corrected chi connectivity index (χ2v) is 15.3. The predicted molar refractivity (Wildman–Crippen MR) is 211 cm³/mol. The van der Waals surface area contributed by atoms with Crippen LogP contribution in [0.3, 0.4) is 0 Å². The summed E-state index contributed by atoms with van der Waals surface area (Å²) in [6, 6.07) is 0. The van der Waals surface area contributed by atoms with E-state index in [1.807, 2.05) is 0 Å². The number of unbranched alkanes of at least 4 members (excludes halogenated alkanes) is 22. The van der Waals surface area contributed by atoms with Crippen molar-refractivity contribution in [1.29, 1.82) is 0 Å². The Morgan fingerprint density at radius 3 is 1.41 bits per heavy atom. The average molecular weight is 744 g/mol. The van der Waals surface area contributed by atoms with Gasteiger partial charge in [0.05, 0.1) is 13.2 Å². The van der Waals surface area contributed by atoms with E-state index in [2.05, 4.69) is 38.2 Å². The monoisotopic (exact) mass is 744 g/mol. The Hall–Kier alpha value is -1.51. The molecule has 0 aliphatic rings. The minimum absolute atomic E-state index is 0.0525. The summed E-state index contributed by atoms with van der Waals surface area (Å²) in [6.07, 6.45) is 39.2. The van der Waals surface area contributed by atoms with Gasteiger partial charge in [-0.2, -0.15) is 0 Å². The number of hydrogen-bond donors (Lipinski definition) is 2. The van der Waals surface area contributed by atoms with Crippen molar-refractivity contribution in [3.63, 3.8) is 0 Å². The van der Waals surface area contributed by atoms with Crippen LogP contribution in [0.15, 0.2) is 24.3 Å². The zero-order valence-electron chi connectivity index (χ0n) is 32.8. The van der Waals surface area contributed by atoms with Crippen LogP contribution in [0.25, 0.3) is 0 Å². The molecular formula is C41H78NO8P. The van der Waals surface area contributed by atoms with Crippen molar-refractivity contribution in [1.82, 2.24) is 0 Å². The third-order valence-electron chi connectivity index (χ3n) is 8.81. The van der Waals surface area contributed by atoms with Gasteiger partial charge >= 0.3 is 19.8 Å². The number of nitrogens with two attached hydrogens (primary N) is 1. The zero-order valence-corrected chi connectivity index (χ0v) is 33.7. The lowest BCUT2D eigenvalue weighted by atomic mass is 10.1. The molecule has 0 spiro atoms. The van der Waals surface area contributed by atoms with E-state index in [4.69, 9.17) is 24.3 Å². The fourth-order valence-corrected chi connectivity index (χ4v) is 6.45. The molecule has 0 fully saturated rings. The molecule has 10 heteroatoms. The summed E-state index contributed by atoms with van der Waals surface area (Å²) in [4.78, 5) is 34.8. The van der Waals surface area contributed by atoms with Gasteiger partial charge in [-0.25, -0.2) is 4.57 Å². The molecule has 1 unspecified atom stereocenters. The lowest BCUT2D eigenvalue weighted by molar-refractivity contribution is -0.161. The minimum Gasteiger partial charge on any atom is -0.462 e. The standard InChI is InChI=1S/C41H78NO8P/c1-3-5-7-9-11-13-15-17-18-19-20-22-24-26-28-30-32-34-41(44)50-39(38-49-51(45,46)48-36-35-42)37-47-40(43)33-31-29-27-25-23-21-16-14-12-10-8-6-4-2/h14,16-18,39H,3-13,15,19-38,42H2,1-2H3,(H,45,46)/b16-14-,18-17-/t39-/m1/s1. The predicted octanol–water partition coefficient (Wildman–Crippen LogP) is 11.6. The molecular weight excluding hydrogens is 665 g/mol. The Morgan fingerprint density at radius 2 is 0.961 bits per heavy atom. The van der Waals surface area contributed by atoms with E-state index in [1.54, 1.807) is 0 Å². The number of rotatable bonds is 39. The van der Waals surface area contributed by atoms with Crippen molar-refractivity contribution < 1.29 is 37.6 Å². The molecule has 9 nitrogen and oxygen atoms in total. The lowest BCUT2D eigenvalue weighted by Gasteiger charge is -2.19. The molecule has 0 aromatic carbocycles. The number of allylic oxidation sites excluding steroid dienone is 4. The highest BCUT2D eigenvalue weighted by atomic mass is 31.2. The second-order valence-electron chi connectivity index (χ2n) is 13.8. The van der Waals surface area contributed by atoms with Gasteiger partial charge in [0.15, 0.2) is 6.10 Å². The summed E-state index contributed by atoms with van der Waals surface area (Å²) >= 11 is 0. The van der Waals surface area contributed by atoms with E-state index in [0.717, 1.165) is 64.2 Å². The van der Waals surface area contributed by atoms with Gasteiger partial charge in [-0.1, -0.05) is 141 Å². The number of carbonyl (C=O) groups excluding carboxylic acids is 2. The number of phosphoric ester groups is 1. The molecule has 0 heterocycles. The fourth-order valence-electron chi connectivity index (χ4n) is 5.68. The first-order valence-corrected chi connectivity index (χ1v) is 22.3. The van der Waals surface area contributed by atoms with E-state index < -0.39 is 32.5 Å². The van der Waals surface area contributed by atoms with Crippen molar-refractivity contribution in [2.45, 2.75) is 200 Å². The van der Waals surface area contributed by atoms with Gasteiger partial charge < -0.3 is 20.1 Å². The number of phosphoric acid groups is 1. The van der Waals surface area contributed by atoms with Crippen molar-refractivity contribution >= 4 is 19.8 Å². The van der Waals surface area contributed by atoms with Gasteiger partial charge in [-0.15, -0.1) is 0 Å². The summed E-state index contributed by atoms with van der Waals surface area (Å²) < 4.78 is 32.7. The third kappa shape index (κ3) is 38.0. The molecule has 0 aliphatic carbocycles. The van der Waals surface area contributed by atoms with E-state index in [-0.39, 0.29) is 32.6 Å². The second kappa shape index (κ2) is 38.2. The van der Waals surface area contributed by atoms with Gasteiger partial charge in [0.1, 0.15) is 6.61 Å².